The molecule has 0 unspecified atom stereocenters. The van der Waals surface area contributed by atoms with Gasteiger partial charge < -0.3 is 34.8 Å². The first-order valence-electron chi connectivity index (χ1n) is 25.3. The Balaban J connectivity index is 1.10. The largest absolute Gasteiger partial charge is 0.508 e. The summed E-state index contributed by atoms with van der Waals surface area (Å²) in [5, 5.41) is 20.1. The van der Waals surface area contributed by atoms with Gasteiger partial charge in [0, 0.05) is 74.3 Å². The average Bonchev–Trinajstić information content (AvgIpc) is 3.77. The highest BCUT2D eigenvalue weighted by Gasteiger charge is 2.46. The van der Waals surface area contributed by atoms with E-state index in [1.807, 2.05) is 25.3 Å². The van der Waals surface area contributed by atoms with E-state index < -0.39 is 47.2 Å². The van der Waals surface area contributed by atoms with Gasteiger partial charge in [-0.1, -0.05) is 59.6 Å². The zero-order valence-electron chi connectivity index (χ0n) is 41.3. The molecule has 9 rings (SSSR count). The van der Waals surface area contributed by atoms with Crippen LogP contribution in [0.2, 0.25) is 0 Å². The summed E-state index contributed by atoms with van der Waals surface area (Å²) in [7, 11) is 1.68. The van der Waals surface area contributed by atoms with Crippen LogP contribution in [0.3, 0.4) is 0 Å². The summed E-state index contributed by atoms with van der Waals surface area (Å²) in [5.41, 5.74) is 10.2. The van der Waals surface area contributed by atoms with Crippen molar-refractivity contribution in [3.05, 3.63) is 71.5 Å². The maximum absolute atomic E-state index is 15.0. The molecule has 1 aliphatic carbocycles. The minimum absolute atomic E-state index is 0.00583. The molecular formula is C54H70N8O7. The number of aryl methyl sites for hydroxylation is 1. The monoisotopic (exact) mass is 943 g/mol. The van der Waals surface area contributed by atoms with Crippen molar-refractivity contribution in [3.8, 4) is 28.1 Å². The molecule has 15 heteroatoms. The molecule has 4 fully saturated rings. The van der Waals surface area contributed by atoms with Crippen LogP contribution in [0.5, 0.6) is 5.75 Å². The fourth-order valence-corrected chi connectivity index (χ4v) is 11.6. The number of ether oxygens (including phenoxy) is 1. The number of rotatable bonds is 9. The molecule has 6 bridgehead atoms. The van der Waals surface area contributed by atoms with Crippen molar-refractivity contribution in [2.75, 3.05) is 39.8 Å². The van der Waals surface area contributed by atoms with Crippen molar-refractivity contribution < 1.29 is 33.8 Å². The lowest BCUT2D eigenvalue weighted by Crippen LogP contribution is -2.62. The van der Waals surface area contributed by atoms with Gasteiger partial charge in [-0.05, 0) is 115 Å². The molecule has 5 aliphatic rings. The predicted molar refractivity (Wildman–Crippen MR) is 264 cm³/mol. The van der Waals surface area contributed by atoms with E-state index >= 15 is 0 Å². The van der Waals surface area contributed by atoms with E-state index in [9.17, 15) is 29.1 Å². The molecular weight excluding hydrogens is 873 g/mol. The molecule has 6 heterocycles. The molecule has 69 heavy (non-hydrogen) atoms. The second kappa shape index (κ2) is 19.5. The number of hydrogen-bond donors (Lipinski definition) is 4. The summed E-state index contributed by atoms with van der Waals surface area (Å²) in [6, 6.07) is 12.8. The highest BCUT2D eigenvalue weighted by Crippen LogP contribution is 2.42. The Bertz CT molecular complexity index is 2630. The van der Waals surface area contributed by atoms with E-state index in [0.29, 0.717) is 57.5 Å². The molecule has 4 amide bonds. The number of esters is 1. The van der Waals surface area contributed by atoms with E-state index in [2.05, 4.69) is 79.5 Å². The third-order valence-corrected chi connectivity index (χ3v) is 15.3. The number of fused-ring (bicyclic) bond motifs is 6. The van der Waals surface area contributed by atoms with E-state index in [1.54, 1.807) is 29.0 Å². The Morgan fingerprint density at radius 2 is 1.78 bits per heavy atom. The summed E-state index contributed by atoms with van der Waals surface area (Å²) < 4.78 is 8.50. The van der Waals surface area contributed by atoms with Crippen LogP contribution in [-0.2, 0) is 48.1 Å². The summed E-state index contributed by atoms with van der Waals surface area (Å²) in [6.07, 6.45) is 6.80. The zero-order chi connectivity index (χ0) is 48.9. The number of likely N-dealkylation sites (N-methyl/N-ethyl adjacent to an activating group) is 1. The molecule has 2 aromatic heterocycles. The van der Waals surface area contributed by atoms with Crippen LogP contribution in [0, 0.1) is 23.2 Å². The summed E-state index contributed by atoms with van der Waals surface area (Å²) in [6.45, 7) is 15.2. The number of hydrazine groups is 1. The number of amides is 4. The second-order valence-electron chi connectivity index (χ2n) is 21.5. The average molecular weight is 943 g/mol. The first-order valence-corrected chi connectivity index (χ1v) is 25.3. The zero-order valence-corrected chi connectivity index (χ0v) is 41.3. The number of carbonyl (C=O) groups is 5. The lowest BCUT2D eigenvalue weighted by atomic mass is 9.83. The molecule has 4 aliphatic heterocycles. The number of nitrogens with one attached hydrogen (secondary N) is 3. The minimum Gasteiger partial charge on any atom is -0.508 e. The van der Waals surface area contributed by atoms with Crippen molar-refractivity contribution in [2.45, 2.75) is 130 Å². The Morgan fingerprint density at radius 1 is 1.01 bits per heavy atom. The van der Waals surface area contributed by atoms with Gasteiger partial charge in [0.2, 0.25) is 17.7 Å². The number of cyclic esters (lactones) is 1. The number of benzene rings is 2. The Labute approximate surface area is 405 Å². The predicted octanol–water partition coefficient (Wildman–Crippen LogP) is 5.95. The molecule has 4 aromatic rings. The highest BCUT2D eigenvalue weighted by atomic mass is 16.5. The van der Waals surface area contributed by atoms with E-state index in [4.69, 9.17) is 9.72 Å². The second-order valence-corrected chi connectivity index (χ2v) is 21.5. The number of carbonyl (C=O) groups excluding carboxylic acids is 5. The lowest BCUT2D eigenvalue weighted by Gasteiger charge is -2.37. The molecule has 0 radical (unpaired) electrons. The van der Waals surface area contributed by atoms with Gasteiger partial charge in [0.25, 0.3) is 5.91 Å². The first-order chi connectivity index (χ1) is 33.0. The SMILES string of the molecule is CCn1c(-c2cccnc2C(C)C)c2c3cc(ccc31)-c1cc(O)cc(c1)C[C@H](NC(=O)[C@H](C1CCCC1)N(C)C(=O)[C@@H]1CN(C(=O)[C@H]3CN3)C[C@@H]1C)C(=O)N1CCC[C@H](N1)C(=O)OCC(C)(C)C2. The van der Waals surface area contributed by atoms with Crippen LogP contribution < -0.4 is 16.1 Å². The first kappa shape index (κ1) is 48.2. The minimum atomic E-state index is -1.13. The van der Waals surface area contributed by atoms with Gasteiger partial charge in [-0.2, -0.15) is 0 Å². The Kier molecular flexibility index (Phi) is 13.7. The normalized spacial score (nSPS) is 24.6. The number of phenols is 1. The molecule has 15 nitrogen and oxygen atoms in total. The molecule has 1 saturated carbocycles. The third-order valence-electron chi connectivity index (χ3n) is 15.3. The maximum Gasteiger partial charge on any atom is 0.324 e. The third kappa shape index (κ3) is 9.86. The number of pyridine rings is 1. The van der Waals surface area contributed by atoms with Crippen molar-refractivity contribution >= 4 is 40.5 Å². The fraction of sp³-hybridized carbons (Fsp3) is 0.556. The number of aromatic nitrogens is 2. The number of likely N-dealkylation sites (tertiary alicyclic amines) is 1. The number of hydrogen-bond acceptors (Lipinski definition) is 10. The van der Waals surface area contributed by atoms with Gasteiger partial charge in [-0.3, -0.25) is 34.0 Å². The number of phenolic OH excluding ortho intramolecular Hbond substituents is 1. The molecule has 3 saturated heterocycles. The van der Waals surface area contributed by atoms with Gasteiger partial charge in [0.1, 0.15) is 23.9 Å². The van der Waals surface area contributed by atoms with Crippen LogP contribution in [0.4, 0.5) is 0 Å². The topological polar surface area (TPSA) is 188 Å². The van der Waals surface area contributed by atoms with Gasteiger partial charge in [-0.25, -0.2) is 5.43 Å². The van der Waals surface area contributed by atoms with Crippen LogP contribution in [-0.4, -0.2) is 123 Å². The number of aromatic hydroxyl groups is 1. The Morgan fingerprint density at radius 3 is 2.51 bits per heavy atom. The van der Waals surface area contributed by atoms with Crippen LogP contribution in [0.25, 0.3) is 33.3 Å². The molecule has 368 valence electrons. The van der Waals surface area contributed by atoms with Crippen molar-refractivity contribution in [2.24, 2.45) is 23.2 Å². The van der Waals surface area contributed by atoms with Gasteiger partial charge in [0.15, 0.2) is 0 Å². The Hall–Kier alpha value is -5.80. The van der Waals surface area contributed by atoms with Gasteiger partial charge in [-0.15, -0.1) is 0 Å². The van der Waals surface area contributed by atoms with E-state index in [0.717, 1.165) is 70.2 Å². The molecule has 0 spiro atoms. The molecule has 2 aromatic carbocycles. The van der Waals surface area contributed by atoms with Crippen molar-refractivity contribution in [1.29, 1.82) is 0 Å². The summed E-state index contributed by atoms with van der Waals surface area (Å²) in [5.74, 6) is -2.00. The van der Waals surface area contributed by atoms with E-state index in [-0.39, 0.29) is 54.4 Å². The number of nitrogens with zero attached hydrogens (tertiary/aromatic N) is 5. The van der Waals surface area contributed by atoms with Gasteiger partial charge in [0.05, 0.1) is 30.0 Å². The lowest BCUT2D eigenvalue weighted by molar-refractivity contribution is -0.155. The summed E-state index contributed by atoms with van der Waals surface area (Å²) in [4.78, 5) is 79.6. The highest BCUT2D eigenvalue weighted by molar-refractivity contribution is 5.96. The van der Waals surface area contributed by atoms with Crippen LogP contribution >= 0.6 is 0 Å². The summed E-state index contributed by atoms with van der Waals surface area (Å²) >= 11 is 0. The van der Waals surface area contributed by atoms with Gasteiger partial charge >= 0.3 is 5.97 Å². The standard InChI is InChI=1S/C54H70N8O7/c1-8-61-45-18-17-35-25-39(45)40(48(61)38-15-11-19-55-46(38)31(2)3)26-54(5,6)30-69-53(68)42-16-12-20-62(58-42)52(67)43(23-33-21-36(35)24-37(63)22-33)57-49(64)47(34-13-9-10-14-34)59(7)50(65)41-29-60(28-32(41)4)51(66)44-27-56-44/h11,15,17-19,21-22,24-25,31-32,34,41-44,47,56,58,63H,8-10,12-14,16,20,23,26-30H2,1-7H3,(H,57,64)/t32-,41+,42-,43-,44+,47-/m0/s1. The van der Waals surface area contributed by atoms with Crippen LogP contribution in [0.1, 0.15) is 103 Å². The van der Waals surface area contributed by atoms with Crippen molar-refractivity contribution in [1.82, 2.24) is 40.4 Å². The maximum atomic E-state index is 15.0. The quantitative estimate of drug-likeness (QED) is 0.115. The van der Waals surface area contributed by atoms with Crippen LogP contribution in [0.15, 0.2) is 54.7 Å². The smallest absolute Gasteiger partial charge is 0.324 e. The molecule has 6 atom stereocenters. The molecule has 4 N–H and O–H groups in total. The van der Waals surface area contributed by atoms with E-state index in [1.165, 1.54) is 5.01 Å². The fourth-order valence-electron chi connectivity index (χ4n) is 11.6. The van der Waals surface area contributed by atoms with Crippen molar-refractivity contribution in [3.63, 3.8) is 0 Å².